The van der Waals surface area contributed by atoms with Gasteiger partial charge in [0.05, 0.1) is 0 Å². The molecule has 1 aliphatic rings. The number of anilines is 3. The molecule has 0 bridgehead atoms. The summed E-state index contributed by atoms with van der Waals surface area (Å²) in [6.45, 7) is 0.679. The Balaban J connectivity index is 1.21. The monoisotopic (exact) mass is 591 g/mol. The molecule has 1 saturated heterocycles. The summed E-state index contributed by atoms with van der Waals surface area (Å²) < 4.78 is 75.5. The highest BCUT2D eigenvalue weighted by Crippen LogP contribution is 2.32. The second kappa shape index (κ2) is 10.5. The molecule has 11 heteroatoms. The summed E-state index contributed by atoms with van der Waals surface area (Å²) in [4.78, 5) is 15.7. The Morgan fingerprint density at radius 2 is 1.26 bits per heavy atom. The predicted octanol–water partition coefficient (Wildman–Crippen LogP) is 6.98. The van der Waals surface area contributed by atoms with Crippen LogP contribution >= 0.6 is 15.9 Å². The van der Waals surface area contributed by atoms with Crippen molar-refractivity contribution in [1.82, 2.24) is 0 Å². The van der Waals surface area contributed by atoms with Crippen LogP contribution < -0.4 is 15.1 Å². The van der Waals surface area contributed by atoms with E-state index in [2.05, 4.69) is 21.2 Å². The topological polar surface area (TPSA) is 48.7 Å². The largest absolute Gasteiger partial charge is 0.451 e. The molecule has 196 valence electrons. The Bertz CT molecular complexity index is 1460. The summed E-state index contributed by atoms with van der Waals surface area (Å²) in [7, 11) is 0. The Hall–Kier alpha value is -3.86. The van der Waals surface area contributed by atoms with E-state index in [1.807, 2.05) is 29.2 Å². The molecule has 1 aromatic heterocycles. The summed E-state index contributed by atoms with van der Waals surface area (Å²) in [5.74, 6) is -9.48. The average molecular weight is 592 g/mol. The lowest BCUT2D eigenvalue weighted by molar-refractivity contribution is 0.0997. The first-order valence-corrected chi connectivity index (χ1v) is 12.3. The van der Waals surface area contributed by atoms with E-state index in [1.165, 1.54) is 0 Å². The second-order valence-corrected chi connectivity index (χ2v) is 9.48. The van der Waals surface area contributed by atoms with Crippen molar-refractivity contribution in [1.29, 1.82) is 0 Å². The number of nitrogens with one attached hydrogen (secondary N) is 1. The molecule has 0 saturated carbocycles. The van der Waals surface area contributed by atoms with E-state index in [1.54, 1.807) is 36.4 Å². The lowest BCUT2D eigenvalue weighted by atomic mass is 10.2. The van der Waals surface area contributed by atoms with Crippen LogP contribution in [0.5, 0.6) is 0 Å². The van der Waals surface area contributed by atoms with E-state index in [-0.39, 0.29) is 31.9 Å². The van der Waals surface area contributed by atoms with Gasteiger partial charge in [-0.1, -0.05) is 28.1 Å². The molecule has 1 amide bonds. The van der Waals surface area contributed by atoms with Gasteiger partial charge in [0.2, 0.25) is 5.82 Å². The number of piperazine rings is 1. The Morgan fingerprint density at radius 1 is 0.711 bits per heavy atom. The van der Waals surface area contributed by atoms with Gasteiger partial charge in [-0.3, -0.25) is 4.79 Å². The number of nitrogens with zero attached hydrogens (tertiary/aromatic N) is 2. The number of carbonyl (C=O) groups excluding carboxylic acids is 1. The maximum absolute atomic E-state index is 14.2. The van der Waals surface area contributed by atoms with Gasteiger partial charge in [-0.15, -0.1) is 0 Å². The highest BCUT2D eigenvalue weighted by atomic mass is 79.9. The zero-order valence-corrected chi connectivity index (χ0v) is 21.2. The molecule has 0 unspecified atom stereocenters. The predicted molar refractivity (Wildman–Crippen MR) is 137 cm³/mol. The number of carbonyl (C=O) groups is 1. The van der Waals surface area contributed by atoms with Crippen LogP contribution in [0.15, 0.2) is 69.6 Å². The minimum Gasteiger partial charge on any atom is -0.451 e. The smallest absolute Gasteiger partial charge is 0.291 e. The third-order valence-electron chi connectivity index (χ3n) is 6.23. The summed E-state index contributed by atoms with van der Waals surface area (Å²) in [6, 6.07) is 17.7. The van der Waals surface area contributed by atoms with Crippen LogP contribution in [0.1, 0.15) is 10.6 Å². The number of furan rings is 1. The first-order valence-electron chi connectivity index (χ1n) is 11.5. The van der Waals surface area contributed by atoms with Gasteiger partial charge in [0.25, 0.3) is 5.91 Å². The first kappa shape index (κ1) is 25.8. The van der Waals surface area contributed by atoms with E-state index in [0.717, 1.165) is 20.6 Å². The van der Waals surface area contributed by atoms with Crippen molar-refractivity contribution in [3.8, 4) is 11.3 Å². The fraction of sp³-hybridized carbons (Fsp3) is 0.148. The second-order valence-electron chi connectivity index (χ2n) is 8.56. The summed E-state index contributed by atoms with van der Waals surface area (Å²) >= 11 is 3.37. The molecule has 0 radical (unpaired) electrons. The fourth-order valence-electron chi connectivity index (χ4n) is 4.24. The molecule has 1 aliphatic heterocycles. The van der Waals surface area contributed by atoms with Crippen molar-refractivity contribution in [2.24, 2.45) is 0 Å². The molecule has 0 atom stereocenters. The normalized spacial score (nSPS) is 13.6. The first-order chi connectivity index (χ1) is 18.2. The third kappa shape index (κ3) is 4.98. The lowest BCUT2D eigenvalue weighted by Crippen LogP contribution is -2.47. The van der Waals surface area contributed by atoms with Crippen molar-refractivity contribution in [2.45, 2.75) is 0 Å². The summed E-state index contributed by atoms with van der Waals surface area (Å²) in [5, 5.41) is 2.77. The number of benzene rings is 3. The zero-order valence-electron chi connectivity index (χ0n) is 19.6. The number of amides is 1. The molecule has 1 fully saturated rings. The lowest BCUT2D eigenvalue weighted by Gasteiger charge is -2.37. The minimum atomic E-state index is -2.17. The molecule has 4 aromatic rings. The van der Waals surface area contributed by atoms with Crippen LogP contribution in [-0.2, 0) is 0 Å². The standard InChI is InChI=1S/C27H19BrF5N3O2/c28-16-3-1-15(2-4-16)19-9-10-20(38-19)27(37)34-17-5-7-18(8-6-17)35-11-13-36(14-12-35)26-24(32)22(30)21(29)23(31)25(26)33/h1-10H,11-14H2,(H,34,37). The number of halogens is 6. The maximum atomic E-state index is 14.2. The molecular formula is C27H19BrF5N3O2. The molecule has 3 aromatic carbocycles. The molecule has 0 spiro atoms. The SMILES string of the molecule is O=C(Nc1ccc(N2CCN(c3c(F)c(F)c(F)c(F)c3F)CC2)cc1)c1ccc(-c2ccc(Br)cc2)o1. The maximum Gasteiger partial charge on any atom is 0.291 e. The fourth-order valence-corrected chi connectivity index (χ4v) is 4.50. The van der Waals surface area contributed by atoms with Gasteiger partial charge < -0.3 is 19.5 Å². The number of rotatable bonds is 5. The van der Waals surface area contributed by atoms with Crippen LogP contribution in [0.25, 0.3) is 11.3 Å². The molecule has 0 aliphatic carbocycles. The molecular weight excluding hydrogens is 573 g/mol. The van der Waals surface area contributed by atoms with Gasteiger partial charge in [0, 0.05) is 47.6 Å². The van der Waals surface area contributed by atoms with Gasteiger partial charge in [-0.2, -0.15) is 0 Å². The molecule has 2 heterocycles. The molecule has 5 rings (SSSR count). The average Bonchev–Trinajstić information content (AvgIpc) is 3.43. The van der Waals surface area contributed by atoms with Crippen LogP contribution in [0, 0.1) is 29.1 Å². The van der Waals surface area contributed by atoms with Crippen LogP contribution in [0.4, 0.5) is 39.0 Å². The van der Waals surface area contributed by atoms with E-state index >= 15 is 0 Å². The van der Waals surface area contributed by atoms with E-state index < -0.39 is 40.7 Å². The van der Waals surface area contributed by atoms with Gasteiger partial charge in [0.1, 0.15) is 11.4 Å². The van der Waals surface area contributed by atoms with Crippen LogP contribution in [-0.4, -0.2) is 32.1 Å². The molecule has 38 heavy (non-hydrogen) atoms. The third-order valence-corrected chi connectivity index (χ3v) is 6.76. The highest BCUT2D eigenvalue weighted by Gasteiger charge is 2.30. The molecule has 1 N–H and O–H groups in total. The van der Waals surface area contributed by atoms with Crippen LogP contribution in [0.3, 0.4) is 0 Å². The summed E-state index contributed by atoms with van der Waals surface area (Å²) in [6.07, 6.45) is 0. The van der Waals surface area contributed by atoms with Crippen molar-refractivity contribution >= 4 is 38.9 Å². The van der Waals surface area contributed by atoms with Gasteiger partial charge >= 0.3 is 0 Å². The van der Waals surface area contributed by atoms with Gasteiger partial charge in [-0.05, 0) is 48.5 Å². The van der Waals surface area contributed by atoms with Crippen molar-refractivity contribution in [3.63, 3.8) is 0 Å². The number of hydrogen-bond acceptors (Lipinski definition) is 4. The number of hydrogen-bond donors (Lipinski definition) is 1. The quantitative estimate of drug-likeness (QED) is 0.154. The Morgan fingerprint density at radius 3 is 1.87 bits per heavy atom. The van der Waals surface area contributed by atoms with Crippen molar-refractivity contribution in [2.75, 3.05) is 41.3 Å². The van der Waals surface area contributed by atoms with E-state index in [0.29, 0.717) is 11.4 Å². The van der Waals surface area contributed by atoms with Crippen molar-refractivity contribution in [3.05, 3.63) is 100.0 Å². The van der Waals surface area contributed by atoms with Gasteiger partial charge in [-0.25, -0.2) is 22.0 Å². The Kier molecular flexibility index (Phi) is 7.11. The minimum absolute atomic E-state index is 0.0516. The van der Waals surface area contributed by atoms with E-state index in [9.17, 15) is 26.7 Å². The van der Waals surface area contributed by atoms with Crippen LogP contribution in [0.2, 0.25) is 0 Å². The Labute approximate surface area is 222 Å². The van der Waals surface area contributed by atoms with Crippen molar-refractivity contribution < 1.29 is 31.2 Å². The zero-order chi connectivity index (χ0) is 27.0. The molecule has 5 nitrogen and oxygen atoms in total. The van der Waals surface area contributed by atoms with Gasteiger partial charge in [0.15, 0.2) is 29.0 Å². The highest BCUT2D eigenvalue weighted by molar-refractivity contribution is 9.10. The summed E-state index contributed by atoms with van der Waals surface area (Å²) in [5.41, 5.74) is 1.22. The van der Waals surface area contributed by atoms with E-state index in [4.69, 9.17) is 4.42 Å².